The van der Waals surface area contributed by atoms with Gasteiger partial charge in [-0.25, -0.2) is 4.98 Å². The van der Waals surface area contributed by atoms with Gasteiger partial charge in [0.25, 0.3) is 0 Å². The lowest BCUT2D eigenvalue weighted by Gasteiger charge is -1.92. The average molecular weight is 205 g/mol. The lowest BCUT2D eigenvalue weighted by Crippen LogP contribution is -1.88. The van der Waals surface area contributed by atoms with E-state index < -0.39 is 0 Å². The molecule has 5 heteroatoms. The Morgan fingerprint density at radius 2 is 2.20 bits per heavy atom. The van der Waals surface area contributed by atoms with Crippen molar-refractivity contribution in [2.45, 2.75) is 13.8 Å². The zero-order chi connectivity index (χ0) is 11.0. The first kappa shape index (κ1) is 9.64. The predicted molar refractivity (Wildman–Crippen MR) is 53.6 cm³/mol. The Morgan fingerprint density at radius 3 is 2.73 bits per heavy atom. The first-order valence-corrected chi connectivity index (χ1v) is 4.55. The van der Waals surface area contributed by atoms with Gasteiger partial charge in [0, 0.05) is 20.2 Å². The molecule has 2 heterocycles. The van der Waals surface area contributed by atoms with Crippen LogP contribution in [0.5, 0.6) is 0 Å². The van der Waals surface area contributed by atoms with Crippen LogP contribution in [0.15, 0.2) is 10.6 Å². The van der Waals surface area contributed by atoms with Crippen molar-refractivity contribution in [1.29, 1.82) is 0 Å². The molecule has 0 aliphatic rings. The largest absolute Gasteiger partial charge is 0.439 e. The zero-order valence-electron chi connectivity index (χ0n) is 8.81. The summed E-state index contributed by atoms with van der Waals surface area (Å²) in [5, 5.41) is 4.18. The van der Waals surface area contributed by atoms with Crippen molar-refractivity contribution in [3.05, 3.63) is 23.3 Å². The number of nitrogens with zero attached hydrogens (tertiary/aromatic N) is 3. The van der Waals surface area contributed by atoms with Gasteiger partial charge in [-0.15, -0.1) is 0 Å². The van der Waals surface area contributed by atoms with Gasteiger partial charge in [-0.05, 0) is 6.92 Å². The Balaban J connectivity index is 2.62. The number of oxazole rings is 1. The summed E-state index contributed by atoms with van der Waals surface area (Å²) in [4.78, 5) is 15.0. The molecule has 5 nitrogen and oxygen atoms in total. The van der Waals surface area contributed by atoms with Gasteiger partial charge < -0.3 is 4.42 Å². The Kier molecular flexibility index (Phi) is 2.15. The molecule has 0 aliphatic carbocycles. The molecule has 2 aromatic heterocycles. The minimum absolute atomic E-state index is 0.511. The fourth-order valence-corrected chi connectivity index (χ4v) is 1.52. The zero-order valence-corrected chi connectivity index (χ0v) is 8.81. The molecule has 2 aromatic rings. The smallest absolute Gasteiger partial charge is 0.192 e. The van der Waals surface area contributed by atoms with Crippen molar-refractivity contribution < 1.29 is 9.21 Å². The molecule has 2 rings (SSSR count). The van der Waals surface area contributed by atoms with E-state index in [2.05, 4.69) is 10.1 Å². The third-order valence-electron chi connectivity index (χ3n) is 2.10. The molecule has 0 spiro atoms. The van der Waals surface area contributed by atoms with Crippen molar-refractivity contribution in [1.82, 2.24) is 14.8 Å². The fraction of sp³-hybridized carbons (Fsp3) is 0.300. The van der Waals surface area contributed by atoms with Gasteiger partial charge in [-0.1, -0.05) is 0 Å². The maximum absolute atomic E-state index is 10.8. The maximum atomic E-state index is 10.8. The van der Waals surface area contributed by atoms with E-state index >= 15 is 0 Å². The van der Waals surface area contributed by atoms with Gasteiger partial charge in [0.05, 0.1) is 11.3 Å². The molecule has 0 saturated carbocycles. The standard InChI is InChI=1S/C10H11N3O2/c1-6-10(15-7(2)11-6)9-8(5-14)4-13(3)12-9/h4-5H,1-3H3. The predicted octanol–water partition coefficient (Wildman–Crippen LogP) is 1.50. The van der Waals surface area contributed by atoms with Crippen molar-refractivity contribution >= 4 is 6.29 Å². The Labute approximate surface area is 86.7 Å². The van der Waals surface area contributed by atoms with Crippen molar-refractivity contribution in [3.8, 4) is 11.5 Å². The average Bonchev–Trinajstić information content (AvgIpc) is 2.69. The van der Waals surface area contributed by atoms with E-state index in [0.717, 1.165) is 12.0 Å². The summed E-state index contributed by atoms with van der Waals surface area (Å²) in [7, 11) is 1.76. The molecule has 0 saturated heterocycles. The van der Waals surface area contributed by atoms with Crippen LogP contribution in [-0.4, -0.2) is 21.1 Å². The number of hydrogen-bond donors (Lipinski definition) is 0. The molecular weight excluding hydrogens is 194 g/mol. The highest BCUT2D eigenvalue weighted by Gasteiger charge is 2.16. The number of carbonyl (C=O) groups is 1. The fourth-order valence-electron chi connectivity index (χ4n) is 1.52. The molecule has 0 N–H and O–H groups in total. The maximum Gasteiger partial charge on any atom is 0.192 e. The van der Waals surface area contributed by atoms with Gasteiger partial charge in [-0.3, -0.25) is 9.48 Å². The molecule has 0 atom stereocenters. The molecular formula is C10H11N3O2. The van der Waals surface area contributed by atoms with Crippen molar-refractivity contribution in [2.24, 2.45) is 7.05 Å². The molecule has 0 amide bonds. The van der Waals surface area contributed by atoms with Crippen LogP contribution in [-0.2, 0) is 7.05 Å². The summed E-state index contributed by atoms with van der Waals surface area (Å²) in [6.07, 6.45) is 2.42. The van der Waals surface area contributed by atoms with Gasteiger partial charge in [0.15, 0.2) is 17.9 Å². The van der Waals surface area contributed by atoms with Gasteiger partial charge >= 0.3 is 0 Å². The molecule has 78 valence electrons. The van der Waals surface area contributed by atoms with Gasteiger partial charge in [0.2, 0.25) is 0 Å². The van der Waals surface area contributed by atoms with Crippen LogP contribution in [0.2, 0.25) is 0 Å². The molecule has 0 bridgehead atoms. The van der Waals surface area contributed by atoms with E-state index in [0.29, 0.717) is 22.9 Å². The van der Waals surface area contributed by atoms with Crippen LogP contribution in [0, 0.1) is 13.8 Å². The number of aromatic nitrogens is 3. The van der Waals surface area contributed by atoms with Crippen LogP contribution < -0.4 is 0 Å². The Morgan fingerprint density at radius 1 is 1.47 bits per heavy atom. The van der Waals surface area contributed by atoms with Crippen molar-refractivity contribution in [2.75, 3.05) is 0 Å². The third-order valence-corrected chi connectivity index (χ3v) is 2.10. The van der Waals surface area contributed by atoms with Crippen LogP contribution in [0.1, 0.15) is 21.9 Å². The molecule has 0 radical (unpaired) electrons. The quantitative estimate of drug-likeness (QED) is 0.697. The lowest BCUT2D eigenvalue weighted by atomic mass is 10.2. The van der Waals surface area contributed by atoms with Gasteiger partial charge in [-0.2, -0.15) is 5.10 Å². The normalized spacial score (nSPS) is 10.6. The van der Waals surface area contributed by atoms with E-state index in [4.69, 9.17) is 4.42 Å². The SMILES string of the molecule is Cc1nc(C)c(-c2nn(C)cc2C=O)o1. The highest BCUT2D eigenvalue weighted by Crippen LogP contribution is 2.24. The van der Waals surface area contributed by atoms with Crippen LogP contribution >= 0.6 is 0 Å². The molecule has 0 aromatic carbocycles. The highest BCUT2D eigenvalue weighted by molar-refractivity contribution is 5.84. The van der Waals surface area contributed by atoms with E-state index in [9.17, 15) is 4.79 Å². The summed E-state index contributed by atoms with van der Waals surface area (Å²) < 4.78 is 6.99. The van der Waals surface area contributed by atoms with E-state index in [-0.39, 0.29) is 0 Å². The van der Waals surface area contributed by atoms with Gasteiger partial charge in [0.1, 0.15) is 5.69 Å². The first-order chi connectivity index (χ1) is 7.11. The van der Waals surface area contributed by atoms with Crippen molar-refractivity contribution in [3.63, 3.8) is 0 Å². The minimum Gasteiger partial charge on any atom is -0.439 e. The highest BCUT2D eigenvalue weighted by atomic mass is 16.4. The summed E-state index contributed by atoms with van der Waals surface area (Å²) in [6, 6.07) is 0. The summed E-state index contributed by atoms with van der Waals surface area (Å²) in [5.74, 6) is 1.14. The summed E-state index contributed by atoms with van der Waals surface area (Å²) in [6.45, 7) is 3.59. The van der Waals surface area contributed by atoms with Crippen LogP contribution in [0.25, 0.3) is 11.5 Å². The molecule has 0 aliphatic heterocycles. The van der Waals surface area contributed by atoms with E-state index in [1.165, 1.54) is 0 Å². The van der Waals surface area contributed by atoms with E-state index in [1.807, 2.05) is 6.92 Å². The number of carbonyl (C=O) groups excluding carboxylic acids is 1. The second-order valence-electron chi connectivity index (χ2n) is 3.37. The third kappa shape index (κ3) is 1.56. The summed E-state index contributed by atoms with van der Waals surface area (Å²) in [5.41, 5.74) is 1.80. The topological polar surface area (TPSA) is 60.9 Å². The Bertz CT molecular complexity index is 511. The van der Waals surface area contributed by atoms with Crippen LogP contribution in [0.3, 0.4) is 0 Å². The minimum atomic E-state index is 0.511. The second kappa shape index (κ2) is 3.34. The number of aldehydes is 1. The first-order valence-electron chi connectivity index (χ1n) is 4.55. The second-order valence-corrected chi connectivity index (χ2v) is 3.37. The number of hydrogen-bond acceptors (Lipinski definition) is 4. The van der Waals surface area contributed by atoms with E-state index in [1.54, 1.807) is 24.9 Å². The lowest BCUT2D eigenvalue weighted by molar-refractivity contribution is 0.112. The molecule has 0 unspecified atom stereocenters. The summed E-state index contributed by atoms with van der Waals surface area (Å²) >= 11 is 0. The number of aryl methyl sites for hydroxylation is 3. The molecule has 15 heavy (non-hydrogen) atoms. The number of rotatable bonds is 2. The molecule has 0 fully saturated rings. The monoisotopic (exact) mass is 205 g/mol. The van der Waals surface area contributed by atoms with Crippen LogP contribution in [0.4, 0.5) is 0 Å². The Hall–Kier alpha value is -1.91.